The SMILES string of the molecule is CC(=O)c1cc2c(cc1O)C[C@@H](C)O2. The zero-order chi connectivity index (χ0) is 10.3. The van der Waals surface area contributed by atoms with E-state index in [4.69, 9.17) is 4.74 Å². The van der Waals surface area contributed by atoms with Gasteiger partial charge >= 0.3 is 0 Å². The number of phenols is 1. The average molecular weight is 192 g/mol. The number of hydrogen-bond donors (Lipinski definition) is 1. The van der Waals surface area contributed by atoms with Crippen molar-refractivity contribution in [3.05, 3.63) is 23.3 Å². The van der Waals surface area contributed by atoms with Crippen molar-refractivity contribution in [3.8, 4) is 11.5 Å². The molecule has 0 aromatic heterocycles. The fourth-order valence-corrected chi connectivity index (χ4v) is 1.73. The van der Waals surface area contributed by atoms with Crippen LogP contribution in [-0.2, 0) is 6.42 Å². The average Bonchev–Trinajstić information content (AvgIpc) is 2.42. The van der Waals surface area contributed by atoms with Crippen LogP contribution in [0, 0.1) is 0 Å². The number of Topliss-reactive ketones (excluding diaryl/α,β-unsaturated/α-hetero) is 1. The normalized spacial score (nSPS) is 18.9. The molecule has 1 aromatic carbocycles. The summed E-state index contributed by atoms with van der Waals surface area (Å²) in [5.74, 6) is 0.628. The van der Waals surface area contributed by atoms with Crippen LogP contribution in [0.3, 0.4) is 0 Å². The second-order valence-corrected chi connectivity index (χ2v) is 3.67. The molecule has 3 nitrogen and oxygen atoms in total. The Kier molecular flexibility index (Phi) is 1.95. The van der Waals surface area contributed by atoms with Gasteiger partial charge in [0.25, 0.3) is 0 Å². The van der Waals surface area contributed by atoms with E-state index in [-0.39, 0.29) is 17.6 Å². The highest BCUT2D eigenvalue weighted by Gasteiger charge is 2.22. The number of ether oxygens (including phenoxy) is 1. The molecule has 3 heteroatoms. The molecule has 0 aliphatic carbocycles. The van der Waals surface area contributed by atoms with Gasteiger partial charge in [-0.3, -0.25) is 4.79 Å². The maximum Gasteiger partial charge on any atom is 0.163 e. The van der Waals surface area contributed by atoms with Gasteiger partial charge in [0, 0.05) is 12.0 Å². The summed E-state index contributed by atoms with van der Waals surface area (Å²) in [6.07, 6.45) is 0.924. The Hall–Kier alpha value is -1.51. The molecule has 1 N–H and O–H groups in total. The predicted molar refractivity (Wildman–Crippen MR) is 51.9 cm³/mol. The Morgan fingerprint density at radius 2 is 2.29 bits per heavy atom. The standard InChI is InChI=1S/C11H12O3/c1-6-3-8-4-10(13)9(7(2)12)5-11(8)14-6/h4-6,13H,3H2,1-2H3/t6-/m1/s1. The number of aromatic hydroxyl groups is 1. The van der Waals surface area contributed by atoms with Crippen LogP contribution in [0.1, 0.15) is 29.8 Å². The van der Waals surface area contributed by atoms with Crippen LogP contribution in [-0.4, -0.2) is 17.0 Å². The molecule has 0 radical (unpaired) electrons. The Bertz CT molecular complexity index is 396. The monoisotopic (exact) mass is 192 g/mol. The number of carbonyl (C=O) groups is 1. The summed E-state index contributed by atoms with van der Waals surface area (Å²) < 4.78 is 5.49. The third-order valence-electron chi connectivity index (χ3n) is 2.39. The maximum absolute atomic E-state index is 11.1. The first kappa shape index (κ1) is 9.06. The topological polar surface area (TPSA) is 46.5 Å². The molecule has 0 bridgehead atoms. The van der Waals surface area contributed by atoms with Crippen LogP contribution in [0.15, 0.2) is 12.1 Å². The van der Waals surface area contributed by atoms with Gasteiger partial charge in [-0.15, -0.1) is 0 Å². The van der Waals surface area contributed by atoms with E-state index in [1.54, 1.807) is 12.1 Å². The lowest BCUT2D eigenvalue weighted by Crippen LogP contribution is -2.05. The third-order valence-corrected chi connectivity index (χ3v) is 2.39. The third kappa shape index (κ3) is 1.35. The van der Waals surface area contributed by atoms with Crippen molar-refractivity contribution < 1.29 is 14.6 Å². The first-order valence-electron chi connectivity index (χ1n) is 4.61. The van der Waals surface area contributed by atoms with Gasteiger partial charge in [0.2, 0.25) is 0 Å². The number of benzene rings is 1. The Morgan fingerprint density at radius 3 is 2.93 bits per heavy atom. The number of fused-ring (bicyclic) bond motifs is 1. The van der Waals surface area contributed by atoms with Gasteiger partial charge in [-0.2, -0.15) is 0 Å². The minimum absolute atomic E-state index is 0.0500. The molecule has 74 valence electrons. The van der Waals surface area contributed by atoms with E-state index >= 15 is 0 Å². The second-order valence-electron chi connectivity index (χ2n) is 3.67. The molecule has 0 unspecified atom stereocenters. The molecule has 1 aliphatic heterocycles. The molecule has 1 aliphatic rings. The highest BCUT2D eigenvalue weighted by molar-refractivity contribution is 5.97. The predicted octanol–water partition coefficient (Wildman–Crippen LogP) is 1.92. The molecule has 1 heterocycles. The van der Waals surface area contributed by atoms with Crippen molar-refractivity contribution in [1.82, 2.24) is 0 Å². The van der Waals surface area contributed by atoms with Crippen molar-refractivity contribution in [2.75, 3.05) is 0 Å². The molecular weight excluding hydrogens is 180 g/mol. The largest absolute Gasteiger partial charge is 0.507 e. The summed E-state index contributed by atoms with van der Waals surface area (Å²) in [5.41, 5.74) is 1.30. The molecule has 2 rings (SSSR count). The van der Waals surface area contributed by atoms with E-state index in [0.29, 0.717) is 5.56 Å². The highest BCUT2D eigenvalue weighted by Crippen LogP contribution is 2.34. The molecule has 0 amide bonds. The molecule has 0 saturated heterocycles. The van der Waals surface area contributed by atoms with Crippen LogP contribution in [0.5, 0.6) is 11.5 Å². The van der Waals surface area contributed by atoms with Crippen molar-refractivity contribution in [1.29, 1.82) is 0 Å². The number of carbonyl (C=O) groups excluding carboxylic acids is 1. The fraction of sp³-hybridized carbons (Fsp3) is 0.364. The first-order chi connectivity index (χ1) is 6.58. The lowest BCUT2D eigenvalue weighted by atomic mass is 10.0. The van der Waals surface area contributed by atoms with Crippen LogP contribution < -0.4 is 4.74 Å². The quantitative estimate of drug-likeness (QED) is 0.691. The molecule has 0 saturated carbocycles. The van der Waals surface area contributed by atoms with Gasteiger partial charge in [0.15, 0.2) is 5.78 Å². The molecule has 1 aromatic rings. The van der Waals surface area contributed by atoms with Gasteiger partial charge in [-0.25, -0.2) is 0 Å². The highest BCUT2D eigenvalue weighted by atomic mass is 16.5. The Balaban J connectivity index is 2.50. The second kappa shape index (κ2) is 3.01. The number of phenolic OH excluding ortho intramolecular Hbond substituents is 1. The fourth-order valence-electron chi connectivity index (χ4n) is 1.73. The number of rotatable bonds is 1. The zero-order valence-corrected chi connectivity index (χ0v) is 8.20. The van der Waals surface area contributed by atoms with Gasteiger partial charge in [0.1, 0.15) is 17.6 Å². The summed E-state index contributed by atoms with van der Waals surface area (Å²) in [6.45, 7) is 3.39. The van der Waals surface area contributed by atoms with Crippen LogP contribution in [0.25, 0.3) is 0 Å². The van der Waals surface area contributed by atoms with E-state index in [1.165, 1.54) is 6.92 Å². The zero-order valence-electron chi connectivity index (χ0n) is 8.20. The van der Waals surface area contributed by atoms with Crippen molar-refractivity contribution in [3.63, 3.8) is 0 Å². The van der Waals surface area contributed by atoms with Crippen LogP contribution in [0.2, 0.25) is 0 Å². The van der Waals surface area contributed by atoms with Crippen molar-refractivity contribution in [2.45, 2.75) is 26.4 Å². The maximum atomic E-state index is 11.1. The molecule has 0 fully saturated rings. The van der Waals surface area contributed by atoms with E-state index in [0.717, 1.165) is 17.7 Å². The number of ketones is 1. The summed E-state index contributed by atoms with van der Waals surface area (Å²) in [7, 11) is 0. The lowest BCUT2D eigenvalue weighted by molar-refractivity contribution is 0.101. The number of hydrogen-bond acceptors (Lipinski definition) is 3. The van der Waals surface area contributed by atoms with E-state index in [9.17, 15) is 9.90 Å². The van der Waals surface area contributed by atoms with Gasteiger partial charge in [-0.1, -0.05) is 0 Å². The summed E-state index contributed by atoms with van der Waals surface area (Å²) >= 11 is 0. The first-order valence-corrected chi connectivity index (χ1v) is 4.61. The molecular formula is C11H12O3. The van der Waals surface area contributed by atoms with Gasteiger partial charge in [0.05, 0.1) is 5.56 Å². The van der Waals surface area contributed by atoms with Gasteiger partial charge < -0.3 is 9.84 Å². The Morgan fingerprint density at radius 1 is 1.57 bits per heavy atom. The summed E-state index contributed by atoms with van der Waals surface area (Å²) in [4.78, 5) is 11.1. The molecule has 0 spiro atoms. The van der Waals surface area contributed by atoms with Crippen molar-refractivity contribution in [2.24, 2.45) is 0 Å². The van der Waals surface area contributed by atoms with Gasteiger partial charge in [-0.05, 0) is 26.0 Å². The summed E-state index contributed by atoms with van der Waals surface area (Å²) in [6, 6.07) is 3.24. The van der Waals surface area contributed by atoms with Crippen molar-refractivity contribution >= 4 is 5.78 Å². The Labute approximate surface area is 82.3 Å². The lowest BCUT2D eigenvalue weighted by Gasteiger charge is -2.05. The van der Waals surface area contributed by atoms with Crippen LogP contribution in [0.4, 0.5) is 0 Å². The smallest absolute Gasteiger partial charge is 0.163 e. The van der Waals surface area contributed by atoms with E-state index in [1.807, 2.05) is 6.92 Å². The van der Waals surface area contributed by atoms with Crippen LogP contribution >= 0.6 is 0 Å². The van der Waals surface area contributed by atoms with E-state index < -0.39 is 0 Å². The molecule has 1 atom stereocenters. The van der Waals surface area contributed by atoms with E-state index in [2.05, 4.69) is 0 Å². The molecule has 14 heavy (non-hydrogen) atoms. The minimum atomic E-state index is -0.145. The minimum Gasteiger partial charge on any atom is -0.507 e. The summed E-state index contributed by atoms with van der Waals surface area (Å²) in [5, 5.41) is 9.55.